The molecule has 0 bridgehead atoms. The normalized spacial score (nSPS) is 20.3. The number of carbonyl (C=O) groups excluding carboxylic acids is 2. The number of fused-ring (bicyclic) bond motifs is 1. The minimum absolute atomic E-state index is 0.0946. The van der Waals surface area contributed by atoms with E-state index in [1.54, 1.807) is 36.9 Å². The van der Waals surface area contributed by atoms with Gasteiger partial charge in [0.1, 0.15) is 0 Å². The highest BCUT2D eigenvalue weighted by Crippen LogP contribution is 2.42. The number of amides is 1. The Hall–Kier alpha value is -1.50. The van der Waals surface area contributed by atoms with E-state index in [1.165, 1.54) is 11.8 Å². The molecule has 25 heavy (non-hydrogen) atoms. The van der Waals surface area contributed by atoms with Crippen LogP contribution in [0.1, 0.15) is 31.9 Å². The molecule has 0 N–H and O–H groups in total. The first kappa shape index (κ1) is 18.3. The van der Waals surface area contributed by atoms with E-state index >= 15 is 0 Å². The summed E-state index contributed by atoms with van der Waals surface area (Å²) in [5.41, 5.74) is 1.48. The third kappa shape index (κ3) is 3.43. The second kappa shape index (κ2) is 7.40. The molecular weight excluding hydrogens is 383 g/mol. The topological polar surface area (TPSA) is 59.0 Å². The first-order valence-corrected chi connectivity index (χ1v) is 9.54. The minimum Gasteiger partial charge on any atom is -0.463 e. The fourth-order valence-corrected chi connectivity index (χ4v) is 4.40. The molecule has 8 heteroatoms. The summed E-state index contributed by atoms with van der Waals surface area (Å²) in [5, 5.41) is 1.45. The van der Waals surface area contributed by atoms with Crippen LogP contribution >= 0.6 is 35.0 Å². The molecule has 0 unspecified atom stereocenters. The van der Waals surface area contributed by atoms with Crippen LogP contribution in [0.4, 0.5) is 0 Å². The molecule has 0 aromatic heterocycles. The zero-order chi connectivity index (χ0) is 18.1. The fraction of sp³-hybridized carbons (Fsp3) is 0.353. The maximum Gasteiger partial charge on any atom is 0.338 e. The molecule has 1 saturated heterocycles. The third-order valence-corrected chi connectivity index (χ3v) is 5.48. The summed E-state index contributed by atoms with van der Waals surface area (Å²) in [6.45, 7) is 3.71. The molecule has 0 spiro atoms. The van der Waals surface area contributed by atoms with Gasteiger partial charge in [-0.25, -0.2) is 9.79 Å². The first-order chi connectivity index (χ1) is 11.9. The van der Waals surface area contributed by atoms with E-state index in [4.69, 9.17) is 27.9 Å². The Labute approximate surface area is 160 Å². The molecule has 1 amide bonds. The number of carbonyl (C=O) groups is 2. The number of rotatable bonds is 3. The quantitative estimate of drug-likeness (QED) is 0.715. The molecular formula is C17H16Cl2N2O3S. The number of aliphatic imine (C=N–C) groups is 1. The number of nitrogens with zero attached hydrogens (tertiary/aromatic N) is 2. The molecule has 1 fully saturated rings. The number of esters is 1. The first-order valence-electron chi connectivity index (χ1n) is 7.80. The molecule has 3 rings (SSSR count). The van der Waals surface area contributed by atoms with Crippen molar-refractivity contribution in [2.45, 2.75) is 26.3 Å². The van der Waals surface area contributed by atoms with Gasteiger partial charge in [0.25, 0.3) is 0 Å². The predicted octanol–water partition coefficient (Wildman–Crippen LogP) is 4.21. The van der Waals surface area contributed by atoms with Crippen molar-refractivity contribution < 1.29 is 14.3 Å². The predicted molar refractivity (Wildman–Crippen MR) is 99.9 cm³/mol. The van der Waals surface area contributed by atoms with Crippen molar-refractivity contribution in [1.29, 1.82) is 0 Å². The number of allylic oxidation sites excluding steroid dienone is 1. The second-order valence-electron chi connectivity index (χ2n) is 5.54. The van der Waals surface area contributed by atoms with Crippen LogP contribution < -0.4 is 0 Å². The standard InChI is InChI=1S/C17H16Cl2N2O3S/c1-3-24-16(23)14-9(2)20-17-21(13(22)6-7-25-17)15(14)11-5-4-10(18)8-12(11)19/h4-5,8,15H,3,6-7H2,1-2H3/t15-/m1/s1. The van der Waals surface area contributed by atoms with Crippen molar-refractivity contribution in [3.05, 3.63) is 45.1 Å². The van der Waals surface area contributed by atoms with Gasteiger partial charge in [-0.2, -0.15) is 0 Å². The maximum absolute atomic E-state index is 12.6. The average Bonchev–Trinajstić information content (AvgIpc) is 2.54. The van der Waals surface area contributed by atoms with E-state index in [2.05, 4.69) is 4.99 Å². The summed E-state index contributed by atoms with van der Waals surface area (Å²) in [5.74, 6) is 0.0714. The summed E-state index contributed by atoms with van der Waals surface area (Å²) in [7, 11) is 0. The van der Waals surface area contributed by atoms with Gasteiger partial charge in [-0.3, -0.25) is 9.69 Å². The van der Waals surface area contributed by atoms with Gasteiger partial charge in [-0.15, -0.1) is 0 Å². The Morgan fingerprint density at radius 3 is 2.88 bits per heavy atom. The van der Waals surface area contributed by atoms with E-state index in [1.807, 2.05) is 0 Å². The highest BCUT2D eigenvalue weighted by Gasteiger charge is 2.42. The molecule has 0 aliphatic carbocycles. The van der Waals surface area contributed by atoms with Gasteiger partial charge in [-0.1, -0.05) is 41.0 Å². The lowest BCUT2D eigenvalue weighted by Crippen LogP contribution is -2.46. The molecule has 1 aromatic rings. The molecule has 1 aromatic carbocycles. The molecule has 1 atom stereocenters. The van der Waals surface area contributed by atoms with E-state index in [-0.39, 0.29) is 12.5 Å². The maximum atomic E-state index is 12.6. The number of hydrogen-bond donors (Lipinski definition) is 0. The largest absolute Gasteiger partial charge is 0.463 e. The monoisotopic (exact) mass is 398 g/mol. The average molecular weight is 399 g/mol. The number of ether oxygens (including phenoxy) is 1. The SMILES string of the molecule is CCOC(=O)C1=C(C)N=C2SCCC(=O)N2[C@@H]1c1ccc(Cl)cc1Cl. The Morgan fingerprint density at radius 2 is 2.20 bits per heavy atom. The van der Waals surface area contributed by atoms with Crippen molar-refractivity contribution in [1.82, 2.24) is 4.90 Å². The third-order valence-electron chi connectivity index (χ3n) is 3.96. The van der Waals surface area contributed by atoms with Crippen LogP contribution in [0.15, 0.2) is 34.5 Å². The van der Waals surface area contributed by atoms with Crippen molar-refractivity contribution in [3.63, 3.8) is 0 Å². The minimum atomic E-state index is -0.670. The fourth-order valence-electron chi connectivity index (χ4n) is 2.88. The molecule has 5 nitrogen and oxygen atoms in total. The Balaban J connectivity index is 2.19. The highest BCUT2D eigenvalue weighted by atomic mass is 35.5. The van der Waals surface area contributed by atoms with Crippen LogP contribution in [0.3, 0.4) is 0 Å². The van der Waals surface area contributed by atoms with Crippen molar-refractivity contribution in [3.8, 4) is 0 Å². The van der Waals surface area contributed by atoms with E-state index < -0.39 is 12.0 Å². The number of thioether (sulfide) groups is 1. The molecule has 0 saturated carbocycles. The molecule has 2 aliphatic heterocycles. The lowest BCUT2D eigenvalue weighted by molar-refractivity contribution is -0.139. The van der Waals surface area contributed by atoms with Gasteiger partial charge in [0.05, 0.1) is 23.9 Å². The zero-order valence-electron chi connectivity index (χ0n) is 13.7. The van der Waals surface area contributed by atoms with Gasteiger partial charge in [0.15, 0.2) is 5.17 Å². The van der Waals surface area contributed by atoms with Crippen molar-refractivity contribution in [2.75, 3.05) is 12.4 Å². The Kier molecular flexibility index (Phi) is 5.41. The Morgan fingerprint density at radius 1 is 1.44 bits per heavy atom. The lowest BCUT2D eigenvalue weighted by atomic mass is 9.94. The van der Waals surface area contributed by atoms with E-state index in [0.29, 0.717) is 44.2 Å². The van der Waals surface area contributed by atoms with Crippen LogP contribution in [0.2, 0.25) is 10.0 Å². The van der Waals surface area contributed by atoms with Crippen LogP contribution in [0.5, 0.6) is 0 Å². The summed E-state index contributed by atoms with van der Waals surface area (Å²) >= 11 is 13.9. The van der Waals surface area contributed by atoms with Gasteiger partial charge in [-0.05, 0) is 31.5 Å². The summed E-state index contributed by atoms with van der Waals surface area (Å²) in [4.78, 5) is 31.2. The lowest BCUT2D eigenvalue weighted by Gasteiger charge is -2.39. The zero-order valence-corrected chi connectivity index (χ0v) is 16.0. The van der Waals surface area contributed by atoms with Gasteiger partial charge >= 0.3 is 5.97 Å². The summed E-state index contributed by atoms with van der Waals surface area (Å²) < 4.78 is 5.20. The van der Waals surface area contributed by atoms with Crippen LogP contribution in [-0.2, 0) is 14.3 Å². The number of halogens is 2. The molecule has 2 aliphatic rings. The second-order valence-corrected chi connectivity index (χ2v) is 7.45. The van der Waals surface area contributed by atoms with Crippen LogP contribution in [0.25, 0.3) is 0 Å². The number of amidine groups is 1. The number of hydrogen-bond acceptors (Lipinski definition) is 5. The van der Waals surface area contributed by atoms with Crippen molar-refractivity contribution in [2.24, 2.45) is 4.99 Å². The van der Waals surface area contributed by atoms with Gasteiger partial charge in [0.2, 0.25) is 5.91 Å². The highest BCUT2D eigenvalue weighted by molar-refractivity contribution is 8.14. The van der Waals surface area contributed by atoms with Gasteiger partial charge < -0.3 is 4.74 Å². The van der Waals surface area contributed by atoms with E-state index in [0.717, 1.165) is 0 Å². The summed E-state index contributed by atoms with van der Waals surface area (Å²) in [6, 6.07) is 4.35. The van der Waals surface area contributed by atoms with Crippen LogP contribution in [0, 0.1) is 0 Å². The van der Waals surface area contributed by atoms with E-state index in [9.17, 15) is 9.59 Å². The molecule has 0 radical (unpaired) electrons. The number of benzene rings is 1. The molecule has 132 valence electrons. The van der Waals surface area contributed by atoms with Gasteiger partial charge in [0, 0.05) is 22.2 Å². The summed E-state index contributed by atoms with van der Waals surface area (Å²) in [6.07, 6.45) is 0.376. The molecule has 2 heterocycles. The van der Waals surface area contributed by atoms with Crippen molar-refractivity contribution >= 4 is 52.0 Å². The Bertz CT molecular complexity index is 807. The van der Waals surface area contributed by atoms with Crippen LogP contribution in [-0.4, -0.2) is 34.3 Å². The smallest absolute Gasteiger partial charge is 0.338 e.